The molecule has 1 aliphatic carbocycles. The fourth-order valence-corrected chi connectivity index (χ4v) is 5.53. The van der Waals surface area contributed by atoms with Crippen molar-refractivity contribution in [1.82, 2.24) is 0 Å². The molecule has 202 valence electrons. The molecule has 0 saturated carbocycles. The summed E-state index contributed by atoms with van der Waals surface area (Å²) in [5.74, 6) is -1.05. The van der Waals surface area contributed by atoms with Gasteiger partial charge >= 0.3 is 17.9 Å². The SMILES string of the molecule is COC(=O)c1ccc2c(c1)C(=O)OC21c2ccc(N(C)c3ccc(O)cc3)cc2OC2=CC(OC(C)=O)C=CC21. The number of rotatable bonds is 4. The molecule has 2 heterocycles. The number of fused-ring (bicyclic) bond motifs is 6. The first-order valence-corrected chi connectivity index (χ1v) is 12.6. The summed E-state index contributed by atoms with van der Waals surface area (Å²) in [5, 5.41) is 9.69. The van der Waals surface area contributed by atoms with Crippen molar-refractivity contribution < 1.29 is 38.4 Å². The van der Waals surface area contributed by atoms with Crippen LogP contribution >= 0.6 is 0 Å². The zero-order valence-electron chi connectivity index (χ0n) is 21.9. The maximum atomic E-state index is 13.3. The molecule has 1 N–H and O–H groups in total. The van der Waals surface area contributed by atoms with Crippen molar-refractivity contribution >= 4 is 29.3 Å². The second kappa shape index (κ2) is 9.30. The Morgan fingerprint density at radius 1 is 0.975 bits per heavy atom. The van der Waals surface area contributed by atoms with Gasteiger partial charge in [0.1, 0.15) is 23.4 Å². The first kappa shape index (κ1) is 25.2. The van der Waals surface area contributed by atoms with Crippen LogP contribution in [0.25, 0.3) is 0 Å². The molecule has 9 nitrogen and oxygen atoms in total. The van der Waals surface area contributed by atoms with Gasteiger partial charge in [-0.1, -0.05) is 12.1 Å². The summed E-state index contributed by atoms with van der Waals surface area (Å²) in [7, 11) is 3.16. The first-order chi connectivity index (χ1) is 19.2. The molecule has 40 heavy (non-hydrogen) atoms. The van der Waals surface area contributed by atoms with Gasteiger partial charge in [0.25, 0.3) is 0 Å². The first-order valence-electron chi connectivity index (χ1n) is 12.6. The molecule has 9 heteroatoms. The fraction of sp³-hybridized carbons (Fsp3) is 0.194. The third kappa shape index (κ3) is 3.89. The number of carbonyl (C=O) groups is 3. The number of carbonyl (C=O) groups excluding carboxylic acids is 3. The van der Waals surface area contributed by atoms with Crippen molar-refractivity contribution in [3.05, 3.63) is 107 Å². The molecule has 6 rings (SSSR count). The second-order valence-corrected chi connectivity index (χ2v) is 9.74. The average Bonchev–Trinajstić information content (AvgIpc) is 3.23. The number of nitrogens with zero attached hydrogens (tertiary/aromatic N) is 1. The summed E-state index contributed by atoms with van der Waals surface area (Å²) in [6.45, 7) is 1.33. The van der Waals surface area contributed by atoms with Gasteiger partial charge in [0.05, 0.1) is 24.2 Å². The number of hydrogen-bond acceptors (Lipinski definition) is 9. The third-order valence-electron chi connectivity index (χ3n) is 7.40. The maximum absolute atomic E-state index is 13.3. The Bertz CT molecular complexity index is 1620. The van der Waals surface area contributed by atoms with Gasteiger partial charge in [-0.05, 0) is 60.7 Å². The number of esters is 3. The van der Waals surface area contributed by atoms with Crippen molar-refractivity contribution in [3.8, 4) is 11.5 Å². The van der Waals surface area contributed by atoms with E-state index in [1.165, 1.54) is 20.1 Å². The third-order valence-corrected chi connectivity index (χ3v) is 7.40. The minimum absolute atomic E-state index is 0.163. The van der Waals surface area contributed by atoms with E-state index in [1.807, 2.05) is 36.2 Å². The van der Waals surface area contributed by atoms with Crippen molar-refractivity contribution in [3.63, 3.8) is 0 Å². The molecule has 3 aliphatic rings. The number of hydrogen-bond donors (Lipinski definition) is 1. The van der Waals surface area contributed by atoms with Crippen molar-refractivity contribution in [1.29, 1.82) is 0 Å². The Kier molecular flexibility index (Phi) is 5.87. The van der Waals surface area contributed by atoms with E-state index in [1.54, 1.807) is 48.6 Å². The molecular weight excluding hydrogens is 514 g/mol. The van der Waals surface area contributed by atoms with Gasteiger partial charge in [0, 0.05) is 42.5 Å². The largest absolute Gasteiger partial charge is 0.508 e. The Labute approximate surface area is 229 Å². The molecule has 0 bridgehead atoms. The van der Waals surface area contributed by atoms with Crippen LogP contribution in [0.4, 0.5) is 11.4 Å². The van der Waals surface area contributed by atoms with Gasteiger partial charge in [0.15, 0.2) is 5.60 Å². The minimum Gasteiger partial charge on any atom is -0.508 e. The zero-order valence-corrected chi connectivity index (χ0v) is 21.9. The highest BCUT2D eigenvalue weighted by Crippen LogP contribution is 2.57. The van der Waals surface area contributed by atoms with Crippen LogP contribution in [0, 0.1) is 5.92 Å². The quantitative estimate of drug-likeness (QED) is 0.285. The number of benzene rings is 3. The van der Waals surface area contributed by atoms with E-state index in [4.69, 9.17) is 18.9 Å². The maximum Gasteiger partial charge on any atom is 0.339 e. The molecule has 0 amide bonds. The van der Waals surface area contributed by atoms with Crippen molar-refractivity contribution in [2.24, 2.45) is 5.92 Å². The lowest BCUT2D eigenvalue weighted by molar-refractivity contribution is -0.142. The molecule has 1 spiro atoms. The topological polar surface area (TPSA) is 112 Å². The van der Waals surface area contributed by atoms with E-state index in [9.17, 15) is 19.5 Å². The van der Waals surface area contributed by atoms with Crippen LogP contribution in [-0.2, 0) is 24.6 Å². The van der Waals surface area contributed by atoms with Crippen LogP contribution in [-0.4, -0.2) is 43.3 Å². The van der Waals surface area contributed by atoms with Crippen LogP contribution in [0.5, 0.6) is 11.5 Å². The highest BCUT2D eigenvalue weighted by molar-refractivity contribution is 5.99. The Hall–Kier alpha value is -5.05. The summed E-state index contributed by atoms with van der Waals surface area (Å²) in [5.41, 5.74) is 2.05. The summed E-state index contributed by atoms with van der Waals surface area (Å²) >= 11 is 0. The number of phenolic OH excluding ortho intramolecular Hbond substituents is 1. The lowest BCUT2D eigenvalue weighted by Gasteiger charge is -2.43. The van der Waals surface area contributed by atoms with Gasteiger partial charge in [-0.25, -0.2) is 9.59 Å². The van der Waals surface area contributed by atoms with Crippen molar-refractivity contribution in [2.45, 2.75) is 18.6 Å². The van der Waals surface area contributed by atoms with E-state index >= 15 is 0 Å². The Balaban J connectivity index is 1.51. The summed E-state index contributed by atoms with van der Waals surface area (Å²) in [6.07, 6.45) is 4.59. The molecule has 0 fully saturated rings. The van der Waals surface area contributed by atoms with Crippen LogP contribution in [0.2, 0.25) is 0 Å². The fourth-order valence-electron chi connectivity index (χ4n) is 5.53. The number of methoxy groups -OCH3 is 1. The van der Waals surface area contributed by atoms with E-state index in [0.29, 0.717) is 22.6 Å². The standard InChI is InChI=1S/C31H25NO8/c1-17(33)38-22-10-13-26-28(16-22)39-27-15-20(32(2)19-5-8-21(34)9-6-19)7-12-25(27)31(26)24-11-4-18(29(35)37-3)14-23(24)30(36)40-31/h4-16,22,26,34H,1-3H3. The number of anilines is 2. The van der Waals surface area contributed by atoms with Crippen molar-refractivity contribution in [2.75, 3.05) is 19.1 Å². The van der Waals surface area contributed by atoms with E-state index in [0.717, 1.165) is 11.4 Å². The second-order valence-electron chi connectivity index (χ2n) is 9.74. The Morgan fingerprint density at radius 3 is 2.42 bits per heavy atom. The van der Waals surface area contributed by atoms with Crippen LogP contribution in [0.3, 0.4) is 0 Å². The lowest BCUT2D eigenvalue weighted by Crippen LogP contribution is -2.43. The predicted octanol–water partition coefficient (Wildman–Crippen LogP) is 4.75. The van der Waals surface area contributed by atoms with Gasteiger partial charge in [0.2, 0.25) is 0 Å². The average molecular weight is 540 g/mol. The number of aromatic hydroxyl groups is 1. The van der Waals surface area contributed by atoms with Crippen LogP contribution < -0.4 is 9.64 Å². The highest BCUT2D eigenvalue weighted by atomic mass is 16.6. The molecule has 0 saturated heterocycles. The van der Waals surface area contributed by atoms with Gasteiger partial charge < -0.3 is 29.0 Å². The van der Waals surface area contributed by atoms with Crippen LogP contribution in [0.1, 0.15) is 38.8 Å². The molecule has 2 aliphatic heterocycles. The molecule has 3 atom stereocenters. The van der Waals surface area contributed by atoms with E-state index in [2.05, 4.69) is 0 Å². The summed E-state index contributed by atoms with van der Waals surface area (Å²) in [4.78, 5) is 39.1. The Morgan fingerprint density at radius 2 is 1.70 bits per heavy atom. The molecule has 3 aromatic carbocycles. The molecular formula is C31H25NO8. The molecule has 3 aromatic rings. The van der Waals surface area contributed by atoms with Gasteiger partial charge in [-0.15, -0.1) is 0 Å². The van der Waals surface area contributed by atoms with Gasteiger partial charge in [-0.2, -0.15) is 0 Å². The monoisotopic (exact) mass is 539 g/mol. The van der Waals surface area contributed by atoms with E-state index in [-0.39, 0.29) is 16.9 Å². The lowest BCUT2D eigenvalue weighted by atomic mass is 9.71. The van der Waals surface area contributed by atoms with Crippen LogP contribution in [0.15, 0.2) is 84.7 Å². The number of phenols is 1. The highest BCUT2D eigenvalue weighted by Gasteiger charge is 2.58. The number of ether oxygens (including phenoxy) is 4. The molecule has 0 aromatic heterocycles. The summed E-state index contributed by atoms with van der Waals surface area (Å²) in [6, 6.07) is 17.2. The minimum atomic E-state index is -1.28. The molecule has 0 radical (unpaired) electrons. The smallest absolute Gasteiger partial charge is 0.339 e. The zero-order chi connectivity index (χ0) is 28.2. The summed E-state index contributed by atoms with van der Waals surface area (Å²) < 4.78 is 22.8. The van der Waals surface area contributed by atoms with Gasteiger partial charge in [-0.3, -0.25) is 4.79 Å². The van der Waals surface area contributed by atoms with E-state index < -0.39 is 35.5 Å². The predicted molar refractivity (Wildman–Crippen MR) is 143 cm³/mol. The normalized spacial score (nSPS) is 21.8. The molecule has 3 unspecified atom stereocenters.